The average molecular weight is 315 g/mol. The van der Waals surface area contributed by atoms with Gasteiger partial charge >= 0.3 is 0 Å². The highest BCUT2D eigenvalue weighted by Gasteiger charge is 2.30. The van der Waals surface area contributed by atoms with Crippen molar-refractivity contribution in [2.45, 2.75) is 36.5 Å². The van der Waals surface area contributed by atoms with Gasteiger partial charge in [-0.05, 0) is 31.0 Å². The molecule has 0 saturated carbocycles. The fourth-order valence-corrected chi connectivity index (χ4v) is 5.17. The van der Waals surface area contributed by atoms with Gasteiger partial charge in [0.25, 0.3) is 0 Å². The molecule has 2 atom stereocenters. The molecule has 4 nitrogen and oxygen atoms in total. The first-order valence-electron chi connectivity index (χ1n) is 6.85. The lowest BCUT2D eigenvalue weighted by atomic mass is 10.1. The van der Waals surface area contributed by atoms with Crippen molar-refractivity contribution >= 4 is 21.8 Å². The van der Waals surface area contributed by atoms with Crippen LogP contribution < -0.4 is 0 Å². The minimum Gasteiger partial charge on any atom is -0.389 e. The molecule has 1 N–H and O–H groups in total. The summed E-state index contributed by atoms with van der Waals surface area (Å²) in [6.45, 7) is 4.85. The summed E-state index contributed by atoms with van der Waals surface area (Å²) in [5, 5.41) is 9.97. The first kappa shape index (κ1) is 15.8. The summed E-state index contributed by atoms with van der Waals surface area (Å²) in [4.78, 5) is 0.276. The Morgan fingerprint density at radius 3 is 2.90 bits per heavy atom. The SMILES string of the molecule is CCC1CN(S(=O)(=O)c2cccc(C(C)O)c2)CCS1. The molecule has 20 heavy (non-hydrogen) atoms. The number of nitrogens with zero attached hydrogens (tertiary/aromatic N) is 1. The monoisotopic (exact) mass is 315 g/mol. The second-order valence-electron chi connectivity index (χ2n) is 5.01. The number of hydrogen-bond donors (Lipinski definition) is 1. The van der Waals surface area contributed by atoms with Gasteiger partial charge in [-0.25, -0.2) is 8.42 Å². The van der Waals surface area contributed by atoms with E-state index >= 15 is 0 Å². The average Bonchev–Trinajstić information content (AvgIpc) is 2.47. The van der Waals surface area contributed by atoms with Crippen molar-refractivity contribution in [2.75, 3.05) is 18.8 Å². The number of thioether (sulfide) groups is 1. The van der Waals surface area contributed by atoms with Gasteiger partial charge in [-0.3, -0.25) is 0 Å². The lowest BCUT2D eigenvalue weighted by molar-refractivity contribution is 0.199. The van der Waals surface area contributed by atoms with Gasteiger partial charge in [0.15, 0.2) is 0 Å². The summed E-state index contributed by atoms with van der Waals surface area (Å²) in [6, 6.07) is 6.60. The van der Waals surface area contributed by atoms with Crippen molar-refractivity contribution < 1.29 is 13.5 Å². The fourth-order valence-electron chi connectivity index (χ4n) is 2.24. The van der Waals surface area contributed by atoms with Crippen LogP contribution in [-0.2, 0) is 10.0 Å². The Labute approximate surface area is 125 Å². The molecular formula is C14H21NO3S2. The molecule has 112 valence electrons. The topological polar surface area (TPSA) is 57.6 Å². The molecule has 1 saturated heterocycles. The third-order valence-electron chi connectivity index (χ3n) is 3.54. The second kappa shape index (κ2) is 6.47. The molecule has 1 aromatic rings. The van der Waals surface area contributed by atoms with Gasteiger partial charge in [0.1, 0.15) is 0 Å². The molecule has 0 spiro atoms. The molecule has 1 aliphatic rings. The smallest absolute Gasteiger partial charge is 0.243 e. The van der Waals surface area contributed by atoms with Crippen LogP contribution in [0.3, 0.4) is 0 Å². The highest BCUT2D eigenvalue weighted by atomic mass is 32.2. The Morgan fingerprint density at radius 1 is 1.50 bits per heavy atom. The van der Waals surface area contributed by atoms with Crippen LogP contribution in [0.5, 0.6) is 0 Å². The molecule has 1 aromatic carbocycles. The van der Waals surface area contributed by atoms with Crippen LogP contribution in [0.25, 0.3) is 0 Å². The van der Waals surface area contributed by atoms with E-state index in [1.54, 1.807) is 35.5 Å². The molecule has 2 rings (SSSR count). The van der Waals surface area contributed by atoms with Crippen LogP contribution in [0.1, 0.15) is 31.9 Å². The van der Waals surface area contributed by atoms with Crippen LogP contribution in [0.2, 0.25) is 0 Å². The number of aliphatic hydroxyl groups is 1. The van der Waals surface area contributed by atoms with Crippen LogP contribution in [0.15, 0.2) is 29.2 Å². The predicted molar refractivity (Wildman–Crippen MR) is 82.4 cm³/mol. The standard InChI is InChI=1S/C14H21NO3S2/c1-3-13-10-15(7-8-19-13)20(17,18)14-6-4-5-12(9-14)11(2)16/h4-6,9,11,13,16H,3,7-8,10H2,1-2H3. The predicted octanol–water partition coefficient (Wildman–Crippen LogP) is 2.26. The van der Waals surface area contributed by atoms with E-state index < -0.39 is 16.1 Å². The summed E-state index contributed by atoms with van der Waals surface area (Å²) >= 11 is 1.84. The normalized spacial score (nSPS) is 22.6. The Morgan fingerprint density at radius 2 is 2.25 bits per heavy atom. The van der Waals surface area contributed by atoms with Crippen molar-refractivity contribution in [3.8, 4) is 0 Å². The second-order valence-corrected chi connectivity index (χ2v) is 8.36. The number of sulfonamides is 1. The van der Waals surface area contributed by atoms with Crippen molar-refractivity contribution in [3.63, 3.8) is 0 Å². The largest absolute Gasteiger partial charge is 0.389 e. The maximum Gasteiger partial charge on any atom is 0.243 e. The molecule has 1 aliphatic heterocycles. The summed E-state index contributed by atoms with van der Waals surface area (Å²) in [6.07, 6.45) is 0.315. The summed E-state index contributed by atoms with van der Waals surface area (Å²) in [5.74, 6) is 0.841. The molecule has 2 unspecified atom stereocenters. The number of hydrogen-bond acceptors (Lipinski definition) is 4. The third kappa shape index (κ3) is 3.36. The first-order chi connectivity index (χ1) is 9.45. The Hall–Kier alpha value is -0.560. The van der Waals surface area contributed by atoms with E-state index in [4.69, 9.17) is 0 Å². The minimum atomic E-state index is -3.45. The summed E-state index contributed by atoms with van der Waals surface area (Å²) in [7, 11) is -3.45. The van der Waals surface area contributed by atoms with Gasteiger partial charge < -0.3 is 5.11 Å². The fraction of sp³-hybridized carbons (Fsp3) is 0.571. The molecular weight excluding hydrogens is 294 g/mol. The van der Waals surface area contributed by atoms with Gasteiger partial charge in [-0.2, -0.15) is 16.1 Å². The maximum absolute atomic E-state index is 12.7. The van der Waals surface area contributed by atoms with Gasteiger partial charge in [0, 0.05) is 24.1 Å². The zero-order chi connectivity index (χ0) is 14.8. The quantitative estimate of drug-likeness (QED) is 0.926. The van der Waals surface area contributed by atoms with E-state index in [2.05, 4.69) is 6.92 Å². The molecule has 0 aliphatic carbocycles. The maximum atomic E-state index is 12.7. The summed E-state index contributed by atoms with van der Waals surface area (Å²) in [5.41, 5.74) is 0.629. The van der Waals surface area contributed by atoms with Crippen molar-refractivity contribution in [3.05, 3.63) is 29.8 Å². The van der Waals surface area contributed by atoms with E-state index in [0.29, 0.717) is 23.9 Å². The zero-order valence-corrected chi connectivity index (χ0v) is 13.5. The highest BCUT2D eigenvalue weighted by molar-refractivity contribution is 8.00. The Balaban J connectivity index is 2.28. The molecule has 6 heteroatoms. The van der Waals surface area contributed by atoms with Gasteiger partial charge in [0.05, 0.1) is 11.0 Å². The first-order valence-corrected chi connectivity index (χ1v) is 9.33. The molecule has 1 fully saturated rings. The van der Waals surface area contributed by atoms with Crippen LogP contribution in [-0.4, -0.2) is 41.9 Å². The number of rotatable bonds is 4. The molecule has 1 heterocycles. The summed E-state index contributed by atoms with van der Waals surface area (Å²) < 4.78 is 26.9. The Bertz CT molecular complexity index is 557. The number of aliphatic hydroxyl groups excluding tert-OH is 1. The zero-order valence-electron chi connectivity index (χ0n) is 11.8. The van der Waals surface area contributed by atoms with Gasteiger partial charge in [0.2, 0.25) is 10.0 Å². The lowest BCUT2D eigenvalue weighted by Gasteiger charge is -2.31. The number of benzene rings is 1. The molecule has 0 aromatic heterocycles. The van der Waals surface area contributed by atoms with Gasteiger partial charge in [-0.1, -0.05) is 19.1 Å². The lowest BCUT2D eigenvalue weighted by Crippen LogP contribution is -2.41. The third-order valence-corrected chi connectivity index (χ3v) is 6.77. The van der Waals surface area contributed by atoms with E-state index in [1.165, 1.54) is 0 Å². The van der Waals surface area contributed by atoms with Crippen molar-refractivity contribution in [2.24, 2.45) is 0 Å². The Kier molecular flexibility index (Phi) is 5.12. The van der Waals surface area contributed by atoms with Crippen LogP contribution in [0.4, 0.5) is 0 Å². The molecule has 0 amide bonds. The highest BCUT2D eigenvalue weighted by Crippen LogP contribution is 2.27. The van der Waals surface area contributed by atoms with E-state index in [9.17, 15) is 13.5 Å². The van der Waals surface area contributed by atoms with Gasteiger partial charge in [-0.15, -0.1) is 0 Å². The molecule has 0 radical (unpaired) electrons. The van der Waals surface area contributed by atoms with E-state index in [1.807, 2.05) is 11.8 Å². The van der Waals surface area contributed by atoms with E-state index in [0.717, 1.165) is 12.2 Å². The molecule has 0 bridgehead atoms. The van der Waals surface area contributed by atoms with Crippen LogP contribution in [0, 0.1) is 0 Å². The van der Waals surface area contributed by atoms with Crippen LogP contribution >= 0.6 is 11.8 Å². The van der Waals surface area contributed by atoms with Crippen molar-refractivity contribution in [1.29, 1.82) is 0 Å². The van der Waals surface area contributed by atoms with E-state index in [-0.39, 0.29) is 4.90 Å². The van der Waals surface area contributed by atoms with Crippen molar-refractivity contribution in [1.82, 2.24) is 4.31 Å². The minimum absolute atomic E-state index is 0.276.